The van der Waals surface area contributed by atoms with Crippen molar-refractivity contribution in [3.63, 3.8) is 0 Å². The van der Waals surface area contributed by atoms with Gasteiger partial charge >= 0.3 is 0 Å². The van der Waals surface area contributed by atoms with Crippen molar-refractivity contribution in [1.29, 1.82) is 5.26 Å². The first-order valence-electron chi connectivity index (χ1n) is 5.87. The molecule has 92 valence electrons. The Morgan fingerprint density at radius 1 is 1.29 bits per heavy atom. The van der Waals surface area contributed by atoms with Gasteiger partial charge in [0.2, 0.25) is 5.95 Å². The van der Waals surface area contributed by atoms with Crippen molar-refractivity contribution in [3.8, 4) is 6.07 Å². The summed E-state index contributed by atoms with van der Waals surface area (Å²) in [6.45, 7) is 2.90. The van der Waals surface area contributed by atoms with Crippen molar-refractivity contribution in [1.82, 2.24) is 9.97 Å². The fraction of sp³-hybridized carbons (Fsp3) is 0.583. The predicted molar refractivity (Wildman–Crippen MR) is 65.5 cm³/mol. The molecule has 1 heterocycles. The summed E-state index contributed by atoms with van der Waals surface area (Å²) in [5.74, 6) is 0.517. The molecule has 0 aliphatic carbocycles. The first kappa shape index (κ1) is 13.4. The number of hydrogen-bond acceptors (Lipinski definition) is 5. The van der Waals surface area contributed by atoms with Crippen LogP contribution in [0.3, 0.4) is 0 Å². The number of nitrogens with zero attached hydrogens (tertiary/aromatic N) is 3. The normalized spacial score (nSPS) is 9.94. The topological polar surface area (TPSA) is 81.8 Å². The van der Waals surface area contributed by atoms with Crippen LogP contribution in [0, 0.1) is 18.3 Å². The second-order valence-electron chi connectivity index (χ2n) is 3.89. The summed E-state index contributed by atoms with van der Waals surface area (Å²) in [5.41, 5.74) is 1.18. The number of unbranched alkanes of at least 4 members (excludes halogenated alkanes) is 3. The van der Waals surface area contributed by atoms with E-state index in [1.165, 1.54) is 0 Å². The number of aromatic nitrogens is 2. The molecule has 0 atom stereocenters. The highest BCUT2D eigenvalue weighted by molar-refractivity contribution is 5.32. The maximum Gasteiger partial charge on any atom is 0.224 e. The number of hydrogen-bond donors (Lipinski definition) is 2. The minimum atomic E-state index is 0.264. The van der Waals surface area contributed by atoms with Crippen molar-refractivity contribution in [3.05, 3.63) is 17.5 Å². The summed E-state index contributed by atoms with van der Waals surface area (Å²) >= 11 is 0. The van der Waals surface area contributed by atoms with E-state index in [1.54, 1.807) is 6.07 Å². The van der Waals surface area contributed by atoms with E-state index < -0.39 is 0 Å². The van der Waals surface area contributed by atoms with E-state index in [4.69, 9.17) is 10.4 Å². The molecule has 0 unspecified atom stereocenters. The molecule has 0 spiro atoms. The summed E-state index contributed by atoms with van der Waals surface area (Å²) in [7, 11) is 0. The van der Waals surface area contributed by atoms with Crippen LogP contribution in [0.25, 0.3) is 0 Å². The molecular formula is C12H18N4O. The van der Waals surface area contributed by atoms with E-state index in [0.717, 1.165) is 37.9 Å². The van der Waals surface area contributed by atoms with Gasteiger partial charge in [-0.05, 0) is 25.8 Å². The molecule has 0 aromatic carbocycles. The summed E-state index contributed by atoms with van der Waals surface area (Å²) in [4.78, 5) is 8.27. The molecule has 0 bridgehead atoms. The number of aliphatic hydroxyl groups is 1. The lowest BCUT2D eigenvalue weighted by Gasteiger charge is -2.05. The molecule has 2 N–H and O–H groups in total. The molecule has 1 aromatic rings. The zero-order chi connectivity index (χ0) is 12.5. The Labute approximate surface area is 102 Å². The SMILES string of the molecule is Cc1cc(C#N)nc(NCCCCCCO)n1. The molecule has 0 aliphatic rings. The Hall–Kier alpha value is -1.67. The number of nitriles is 1. The first-order valence-corrected chi connectivity index (χ1v) is 5.87. The summed E-state index contributed by atoms with van der Waals surface area (Å²) < 4.78 is 0. The summed E-state index contributed by atoms with van der Waals surface area (Å²) in [6, 6.07) is 3.67. The van der Waals surface area contributed by atoms with Crippen LogP contribution in [0.4, 0.5) is 5.95 Å². The Kier molecular flexibility index (Phi) is 5.97. The van der Waals surface area contributed by atoms with Gasteiger partial charge in [0.15, 0.2) is 0 Å². The third-order valence-corrected chi connectivity index (χ3v) is 2.34. The molecule has 0 fully saturated rings. The van der Waals surface area contributed by atoms with Crippen LogP contribution in [0.1, 0.15) is 37.1 Å². The second kappa shape index (κ2) is 7.58. The number of nitrogens with one attached hydrogen (secondary N) is 1. The number of anilines is 1. The maximum atomic E-state index is 8.76. The first-order chi connectivity index (χ1) is 8.26. The smallest absolute Gasteiger partial charge is 0.224 e. The van der Waals surface area contributed by atoms with E-state index in [1.807, 2.05) is 13.0 Å². The third kappa shape index (κ3) is 5.27. The van der Waals surface area contributed by atoms with Gasteiger partial charge in [-0.25, -0.2) is 9.97 Å². The van der Waals surface area contributed by atoms with Crippen molar-refractivity contribution in [2.24, 2.45) is 0 Å². The third-order valence-electron chi connectivity index (χ3n) is 2.34. The Balaban J connectivity index is 2.32. The van der Waals surface area contributed by atoms with Crippen LogP contribution in [0.15, 0.2) is 6.07 Å². The molecule has 17 heavy (non-hydrogen) atoms. The van der Waals surface area contributed by atoms with E-state index in [2.05, 4.69) is 15.3 Å². The van der Waals surface area contributed by atoms with Gasteiger partial charge < -0.3 is 10.4 Å². The van der Waals surface area contributed by atoms with Crippen molar-refractivity contribution in [2.75, 3.05) is 18.5 Å². The average Bonchev–Trinajstić information content (AvgIpc) is 2.33. The van der Waals surface area contributed by atoms with Gasteiger partial charge in [-0.3, -0.25) is 0 Å². The molecular weight excluding hydrogens is 216 g/mol. The second-order valence-corrected chi connectivity index (χ2v) is 3.89. The fourth-order valence-electron chi connectivity index (χ4n) is 1.50. The lowest BCUT2D eigenvalue weighted by Crippen LogP contribution is -2.07. The van der Waals surface area contributed by atoms with Crippen molar-refractivity contribution >= 4 is 5.95 Å². The largest absolute Gasteiger partial charge is 0.396 e. The van der Waals surface area contributed by atoms with Crippen LogP contribution in [0.2, 0.25) is 0 Å². The highest BCUT2D eigenvalue weighted by atomic mass is 16.2. The number of aryl methyl sites for hydroxylation is 1. The Morgan fingerprint density at radius 3 is 2.76 bits per heavy atom. The van der Waals surface area contributed by atoms with E-state index in [0.29, 0.717) is 11.6 Å². The van der Waals surface area contributed by atoms with Crippen LogP contribution >= 0.6 is 0 Å². The Bertz CT molecular complexity index is 387. The fourth-order valence-corrected chi connectivity index (χ4v) is 1.50. The quantitative estimate of drug-likeness (QED) is 0.700. The van der Waals surface area contributed by atoms with Gasteiger partial charge in [0, 0.05) is 18.8 Å². The molecule has 0 radical (unpaired) electrons. The van der Waals surface area contributed by atoms with Crippen LogP contribution in [-0.2, 0) is 0 Å². The summed E-state index contributed by atoms with van der Waals surface area (Å²) in [6.07, 6.45) is 3.99. The molecule has 0 amide bonds. The molecule has 1 rings (SSSR count). The van der Waals surface area contributed by atoms with Gasteiger partial charge in [-0.1, -0.05) is 12.8 Å². The minimum Gasteiger partial charge on any atom is -0.396 e. The van der Waals surface area contributed by atoms with Gasteiger partial charge in [-0.15, -0.1) is 0 Å². The standard InChI is InChI=1S/C12H18N4O/c1-10-8-11(9-13)16-12(15-10)14-6-4-2-3-5-7-17/h8,17H,2-7H2,1H3,(H,14,15,16). The van der Waals surface area contributed by atoms with Gasteiger partial charge in [-0.2, -0.15) is 5.26 Å². The highest BCUT2D eigenvalue weighted by Crippen LogP contribution is 2.05. The maximum absolute atomic E-state index is 8.76. The minimum absolute atomic E-state index is 0.264. The number of rotatable bonds is 7. The van der Waals surface area contributed by atoms with E-state index in [9.17, 15) is 0 Å². The molecule has 0 aliphatic heterocycles. The van der Waals surface area contributed by atoms with E-state index >= 15 is 0 Å². The van der Waals surface area contributed by atoms with Crippen LogP contribution in [-0.4, -0.2) is 28.2 Å². The Morgan fingerprint density at radius 2 is 2.06 bits per heavy atom. The van der Waals surface area contributed by atoms with Gasteiger partial charge in [0.25, 0.3) is 0 Å². The van der Waals surface area contributed by atoms with Gasteiger partial charge in [0.1, 0.15) is 11.8 Å². The average molecular weight is 234 g/mol. The molecule has 1 aromatic heterocycles. The van der Waals surface area contributed by atoms with Crippen molar-refractivity contribution in [2.45, 2.75) is 32.6 Å². The molecule has 0 saturated carbocycles. The molecule has 0 saturated heterocycles. The molecule has 5 heteroatoms. The monoisotopic (exact) mass is 234 g/mol. The predicted octanol–water partition coefficient (Wildman–Crippen LogP) is 1.62. The van der Waals surface area contributed by atoms with E-state index in [-0.39, 0.29) is 6.61 Å². The zero-order valence-electron chi connectivity index (χ0n) is 10.1. The van der Waals surface area contributed by atoms with Crippen LogP contribution in [0.5, 0.6) is 0 Å². The number of aliphatic hydroxyl groups excluding tert-OH is 1. The van der Waals surface area contributed by atoms with Crippen molar-refractivity contribution < 1.29 is 5.11 Å². The van der Waals surface area contributed by atoms with Gasteiger partial charge in [0.05, 0.1) is 0 Å². The lowest BCUT2D eigenvalue weighted by molar-refractivity contribution is 0.283. The highest BCUT2D eigenvalue weighted by Gasteiger charge is 2.00. The lowest BCUT2D eigenvalue weighted by atomic mass is 10.2. The van der Waals surface area contributed by atoms with Crippen LogP contribution < -0.4 is 5.32 Å². The molecule has 5 nitrogen and oxygen atoms in total. The zero-order valence-corrected chi connectivity index (χ0v) is 10.1. The summed E-state index contributed by atoms with van der Waals surface area (Å²) in [5, 5.41) is 20.5.